The molecule has 0 fully saturated rings. The molecule has 1 aliphatic heterocycles. The summed E-state index contributed by atoms with van der Waals surface area (Å²) in [5.41, 5.74) is 1.36. The lowest BCUT2D eigenvalue weighted by Crippen LogP contribution is -2.26. The first-order valence-corrected chi connectivity index (χ1v) is 10.5. The fourth-order valence-corrected chi connectivity index (χ4v) is 3.26. The Bertz CT molecular complexity index is 1180. The molecule has 0 N–H and O–H groups in total. The lowest BCUT2D eigenvalue weighted by molar-refractivity contribution is 0.491. The van der Waals surface area contributed by atoms with E-state index in [1.54, 1.807) is 28.4 Å². The Kier molecular flexibility index (Phi) is 5.33. The predicted molar refractivity (Wildman–Crippen MR) is 109 cm³/mol. The molecule has 2 heterocycles. The second-order valence-corrected chi connectivity index (χ2v) is 8.35. The van der Waals surface area contributed by atoms with Gasteiger partial charge in [-0.1, -0.05) is 36.9 Å². The maximum atomic E-state index is 13.4. The molecular formula is C20H20FN3O3S. The maximum Gasteiger partial charge on any atom is 0.275 e. The summed E-state index contributed by atoms with van der Waals surface area (Å²) in [4.78, 5) is 17.3. The van der Waals surface area contributed by atoms with E-state index in [-0.39, 0.29) is 10.6 Å². The highest BCUT2D eigenvalue weighted by Gasteiger charge is 2.25. The number of allylic oxidation sites excluding steroid dienone is 4. The minimum Gasteiger partial charge on any atom is -0.276 e. The van der Waals surface area contributed by atoms with Crippen LogP contribution in [0.25, 0.3) is 11.1 Å². The Morgan fingerprint density at radius 3 is 2.36 bits per heavy atom. The number of nitrogens with zero attached hydrogens (tertiary/aromatic N) is 3. The topological polar surface area (TPSA) is 73.4 Å². The van der Waals surface area contributed by atoms with Crippen LogP contribution in [0.1, 0.15) is 12.6 Å². The minimum atomic E-state index is -3.60. The number of aromatic nitrogens is 2. The summed E-state index contributed by atoms with van der Waals surface area (Å²) in [6.07, 6.45) is 8.15. The average Bonchev–Trinajstić information content (AvgIpc) is 2.94. The Morgan fingerprint density at radius 1 is 1.18 bits per heavy atom. The molecule has 8 heteroatoms. The molecular weight excluding hydrogens is 381 g/mol. The lowest BCUT2D eigenvalue weighted by atomic mass is 10.0. The first kappa shape index (κ1) is 19.8. The molecule has 28 heavy (non-hydrogen) atoms. The van der Waals surface area contributed by atoms with Crippen LogP contribution in [0.4, 0.5) is 4.39 Å². The molecule has 0 saturated carbocycles. The van der Waals surface area contributed by atoms with Gasteiger partial charge >= 0.3 is 0 Å². The Morgan fingerprint density at radius 2 is 1.79 bits per heavy atom. The molecule has 1 aliphatic rings. The van der Waals surface area contributed by atoms with E-state index in [1.165, 1.54) is 24.3 Å². The van der Waals surface area contributed by atoms with Crippen molar-refractivity contribution in [3.05, 3.63) is 82.0 Å². The van der Waals surface area contributed by atoms with Crippen molar-refractivity contribution >= 4 is 15.5 Å². The molecule has 6 nitrogen and oxygen atoms in total. The lowest BCUT2D eigenvalue weighted by Gasteiger charge is -2.16. The maximum absolute atomic E-state index is 13.4. The minimum absolute atomic E-state index is 0.256. The Balaban J connectivity index is 2.35. The van der Waals surface area contributed by atoms with E-state index in [2.05, 4.69) is 11.6 Å². The first-order valence-electron chi connectivity index (χ1n) is 8.59. The number of benzene rings is 1. The van der Waals surface area contributed by atoms with Gasteiger partial charge in [0.1, 0.15) is 10.8 Å². The molecule has 146 valence electrons. The van der Waals surface area contributed by atoms with Crippen molar-refractivity contribution < 1.29 is 12.8 Å². The third-order valence-electron chi connectivity index (χ3n) is 4.33. The van der Waals surface area contributed by atoms with E-state index in [4.69, 9.17) is 0 Å². The fourth-order valence-electron chi connectivity index (χ4n) is 2.99. The highest BCUT2D eigenvalue weighted by molar-refractivity contribution is 7.94. The molecule has 0 spiro atoms. The second kappa shape index (κ2) is 7.55. The van der Waals surface area contributed by atoms with Gasteiger partial charge in [0, 0.05) is 6.26 Å². The van der Waals surface area contributed by atoms with Crippen molar-refractivity contribution in [2.24, 2.45) is 4.99 Å². The third-order valence-corrected chi connectivity index (χ3v) is 5.28. The second-order valence-electron chi connectivity index (χ2n) is 6.33. The van der Waals surface area contributed by atoms with Crippen LogP contribution in [-0.4, -0.2) is 29.7 Å². The van der Waals surface area contributed by atoms with Crippen molar-refractivity contribution in [1.82, 2.24) is 9.36 Å². The van der Waals surface area contributed by atoms with Crippen LogP contribution < -0.4 is 5.56 Å². The standard InChI is InChI=1S/C20H20FN3O3S/c1-4-7-17(22-14(2)28(3,26)27)19-18(15-8-10-16(21)11-9-15)20(25)24-13-6-5-12-23(19)24/h4-11H,2,12-13H2,1,3H3/b7-4-,22-17+. The highest BCUT2D eigenvalue weighted by atomic mass is 32.2. The SMILES string of the molecule is C=C(/N=C(\C=C/C)c1c(-c2ccc(F)cc2)c(=O)n2n1CC=CC2)S(C)(=O)=O. The van der Waals surface area contributed by atoms with Crippen molar-refractivity contribution in [3.63, 3.8) is 0 Å². The van der Waals surface area contributed by atoms with E-state index in [9.17, 15) is 17.6 Å². The highest BCUT2D eigenvalue weighted by Crippen LogP contribution is 2.25. The Labute approximate surface area is 162 Å². The molecule has 0 amide bonds. The van der Waals surface area contributed by atoms with Gasteiger partial charge in [-0.3, -0.25) is 9.48 Å². The number of sulfone groups is 1. The third kappa shape index (κ3) is 3.68. The van der Waals surface area contributed by atoms with Crippen molar-refractivity contribution in [3.8, 4) is 11.1 Å². The summed E-state index contributed by atoms with van der Waals surface area (Å²) in [5, 5.41) is -0.301. The number of rotatable bonds is 5. The van der Waals surface area contributed by atoms with Crippen molar-refractivity contribution in [1.29, 1.82) is 0 Å². The average molecular weight is 401 g/mol. The van der Waals surface area contributed by atoms with E-state index >= 15 is 0 Å². The largest absolute Gasteiger partial charge is 0.276 e. The number of fused-ring (bicyclic) bond motifs is 1. The molecule has 3 rings (SSSR count). The van der Waals surface area contributed by atoms with Gasteiger partial charge in [0.15, 0.2) is 9.84 Å². The first-order chi connectivity index (χ1) is 13.2. The molecule has 0 radical (unpaired) electrons. The van der Waals surface area contributed by atoms with Gasteiger partial charge < -0.3 is 0 Å². The van der Waals surface area contributed by atoms with Gasteiger partial charge in [-0.2, -0.15) is 0 Å². The summed E-state index contributed by atoms with van der Waals surface area (Å²) in [7, 11) is -3.60. The van der Waals surface area contributed by atoms with Crippen LogP contribution in [0.15, 0.2) is 70.0 Å². The van der Waals surface area contributed by atoms with Gasteiger partial charge in [-0.15, -0.1) is 0 Å². The molecule has 0 aliphatic carbocycles. The van der Waals surface area contributed by atoms with Gasteiger partial charge in [0.25, 0.3) is 5.56 Å². The van der Waals surface area contributed by atoms with Gasteiger partial charge in [-0.05, 0) is 30.7 Å². The zero-order valence-electron chi connectivity index (χ0n) is 15.6. The van der Waals surface area contributed by atoms with Crippen LogP contribution in [0, 0.1) is 5.82 Å². The van der Waals surface area contributed by atoms with E-state index < -0.39 is 15.7 Å². The van der Waals surface area contributed by atoms with E-state index in [0.29, 0.717) is 35.6 Å². The Hall–Kier alpha value is -3.00. The van der Waals surface area contributed by atoms with Gasteiger partial charge in [0.05, 0.1) is 30.1 Å². The molecule has 1 aromatic heterocycles. The summed E-state index contributed by atoms with van der Waals surface area (Å²) in [5.74, 6) is -0.413. The molecule has 0 unspecified atom stereocenters. The van der Waals surface area contributed by atoms with Crippen LogP contribution in [-0.2, 0) is 22.9 Å². The summed E-state index contributed by atoms with van der Waals surface area (Å²) < 4.78 is 40.4. The summed E-state index contributed by atoms with van der Waals surface area (Å²) in [6.45, 7) is 6.11. The molecule has 2 aromatic rings. The molecule has 0 atom stereocenters. The smallest absolute Gasteiger partial charge is 0.275 e. The number of halogens is 1. The normalized spacial score (nSPS) is 14.5. The number of aliphatic imine (C=N–C) groups is 1. The molecule has 0 bridgehead atoms. The van der Waals surface area contributed by atoms with Crippen LogP contribution in [0.5, 0.6) is 0 Å². The molecule has 0 saturated heterocycles. The van der Waals surface area contributed by atoms with Gasteiger partial charge in [-0.25, -0.2) is 22.5 Å². The number of hydrogen-bond donors (Lipinski definition) is 0. The zero-order valence-corrected chi connectivity index (χ0v) is 16.4. The quantitative estimate of drug-likeness (QED) is 0.571. The van der Waals surface area contributed by atoms with Gasteiger partial charge in [0.2, 0.25) is 0 Å². The fraction of sp³-hybridized carbons (Fsp3) is 0.200. The van der Waals surface area contributed by atoms with Crippen LogP contribution in [0.3, 0.4) is 0 Å². The zero-order chi connectivity index (χ0) is 20.5. The van der Waals surface area contributed by atoms with Crippen molar-refractivity contribution in [2.75, 3.05) is 6.26 Å². The molecule has 1 aromatic carbocycles. The monoisotopic (exact) mass is 401 g/mol. The van der Waals surface area contributed by atoms with Crippen LogP contribution in [0.2, 0.25) is 0 Å². The van der Waals surface area contributed by atoms with Crippen LogP contribution >= 0.6 is 0 Å². The van der Waals surface area contributed by atoms with E-state index in [0.717, 1.165) is 6.26 Å². The number of hydrogen-bond acceptors (Lipinski definition) is 4. The van der Waals surface area contributed by atoms with E-state index in [1.807, 2.05) is 12.2 Å². The predicted octanol–water partition coefficient (Wildman–Crippen LogP) is 2.91. The summed E-state index contributed by atoms with van der Waals surface area (Å²) in [6, 6.07) is 5.60. The summed E-state index contributed by atoms with van der Waals surface area (Å²) >= 11 is 0. The van der Waals surface area contributed by atoms with Crippen molar-refractivity contribution in [2.45, 2.75) is 20.0 Å².